The zero-order chi connectivity index (χ0) is 18.6. The molecular weight excluding hydrogens is 365 g/mol. The number of furan rings is 1. The van der Waals surface area contributed by atoms with E-state index in [-0.39, 0.29) is 17.5 Å². The maximum absolute atomic E-state index is 13.0. The van der Waals surface area contributed by atoms with Crippen molar-refractivity contribution in [3.63, 3.8) is 0 Å². The number of hydrogen-bond acceptors (Lipinski definition) is 5. The second kappa shape index (κ2) is 8.02. The minimum absolute atomic E-state index is 0.196. The molecule has 0 bridgehead atoms. The number of carbonyl (C=O) groups is 1. The van der Waals surface area contributed by atoms with Gasteiger partial charge < -0.3 is 4.42 Å². The summed E-state index contributed by atoms with van der Waals surface area (Å²) in [6.07, 6.45) is 3.78. The fraction of sp³-hybridized carbons (Fsp3) is 0.300. The van der Waals surface area contributed by atoms with Crippen LogP contribution in [0.15, 0.2) is 46.2 Å². The molecule has 5 nitrogen and oxygen atoms in total. The van der Waals surface area contributed by atoms with Crippen molar-refractivity contribution in [3.05, 3.63) is 59.0 Å². The number of rotatable bonds is 5. The third-order valence-corrected chi connectivity index (χ3v) is 5.37. The lowest BCUT2D eigenvalue weighted by Gasteiger charge is -2.25. The number of amides is 1. The van der Waals surface area contributed by atoms with Gasteiger partial charge >= 0.3 is 0 Å². The highest BCUT2D eigenvalue weighted by molar-refractivity contribution is 7.13. The van der Waals surface area contributed by atoms with Crippen molar-refractivity contribution >= 4 is 22.4 Å². The van der Waals surface area contributed by atoms with Crippen LogP contribution in [0.2, 0.25) is 0 Å². The van der Waals surface area contributed by atoms with Gasteiger partial charge in [-0.05, 0) is 62.3 Å². The molecule has 4 rings (SSSR count). The molecule has 140 valence electrons. The van der Waals surface area contributed by atoms with E-state index >= 15 is 0 Å². The van der Waals surface area contributed by atoms with Crippen LogP contribution < -0.4 is 5.32 Å². The summed E-state index contributed by atoms with van der Waals surface area (Å²) < 4.78 is 18.6. The second-order valence-electron chi connectivity index (χ2n) is 6.61. The highest BCUT2D eigenvalue weighted by atomic mass is 32.1. The predicted molar refractivity (Wildman–Crippen MR) is 103 cm³/mol. The van der Waals surface area contributed by atoms with E-state index in [9.17, 15) is 9.18 Å². The Morgan fingerprint density at radius 3 is 2.70 bits per heavy atom. The first-order valence-corrected chi connectivity index (χ1v) is 9.89. The van der Waals surface area contributed by atoms with E-state index in [2.05, 4.69) is 15.2 Å². The Kier molecular flexibility index (Phi) is 5.31. The van der Waals surface area contributed by atoms with Crippen LogP contribution in [-0.2, 0) is 6.54 Å². The van der Waals surface area contributed by atoms with Crippen LogP contribution >= 0.6 is 11.3 Å². The molecule has 0 spiro atoms. The van der Waals surface area contributed by atoms with Gasteiger partial charge in [-0.1, -0.05) is 6.42 Å². The van der Waals surface area contributed by atoms with Gasteiger partial charge in [0.05, 0.1) is 5.69 Å². The number of halogens is 1. The average Bonchev–Trinajstić information content (AvgIpc) is 3.33. The number of thiazole rings is 1. The zero-order valence-electron chi connectivity index (χ0n) is 14.8. The summed E-state index contributed by atoms with van der Waals surface area (Å²) in [5.74, 6) is 0.0572. The Labute approximate surface area is 160 Å². The van der Waals surface area contributed by atoms with Gasteiger partial charge in [0, 0.05) is 17.5 Å². The lowest BCUT2D eigenvalue weighted by atomic mass is 10.1. The van der Waals surface area contributed by atoms with Gasteiger partial charge in [0.25, 0.3) is 5.91 Å². The summed E-state index contributed by atoms with van der Waals surface area (Å²) >= 11 is 1.41. The van der Waals surface area contributed by atoms with E-state index in [4.69, 9.17) is 4.42 Å². The maximum atomic E-state index is 13.0. The standard InChI is InChI=1S/C20H20FN3O2S/c21-15-6-4-14(5-7-15)17-8-9-18(26-17)19(25)23-20-22-16(13-27-20)12-24-10-2-1-3-11-24/h4-9,13H,1-3,10-12H2,(H,22,23,25). The first-order valence-electron chi connectivity index (χ1n) is 9.01. The Morgan fingerprint density at radius 2 is 1.93 bits per heavy atom. The molecule has 1 aromatic carbocycles. The van der Waals surface area contributed by atoms with Crippen LogP contribution in [0.1, 0.15) is 35.5 Å². The molecule has 3 aromatic rings. The Bertz CT molecular complexity index is 913. The van der Waals surface area contributed by atoms with Crippen LogP contribution in [0.25, 0.3) is 11.3 Å². The number of nitrogens with zero attached hydrogens (tertiary/aromatic N) is 2. The lowest BCUT2D eigenvalue weighted by Crippen LogP contribution is -2.29. The third-order valence-electron chi connectivity index (χ3n) is 4.57. The SMILES string of the molecule is O=C(Nc1nc(CN2CCCCC2)cs1)c1ccc(-c2ccc(F)cc2)o1. The number of benzene rings is 1. The number of carbonyl (C=O) groups excluding carboxylic acids is 1. The number of aromatic nitrogens is 1. The monoisotopic (exact) mass is 385 g/mol. The van der Waals surface area contributed by atoms with Crippen molar-refractivity contribution in [2.24, 2.45) is 0 Å². The van der Waals surface area contributed by atoms with E-state index in [1.165, 1.54) is 42.7 Å². The molecule has 0 radical (unpaired) electrons. The smallest absolute Gasteiger partial charge is 0.293 e. The summed E-state index contributed by atoms with van der Waals surface area (Å²) in [6, 6.07) is 9.25. The van der Waals surface area contributed by atoms with Gasteiger partial charge in [-0.2, -0.15) is 0 Å². The van der Waals surface area contributed by atoms with Crippen molar-refractivity contribution in [3.8, 4) is 11.3 Å². The topological polar surface area (TPSA) is 58.4 Å². The Hall–Kier alpha value is -2.51. The third kappa shape index (κ3) is 4.43. The molecule has 1 N–H and O–H groups in total. The van der Waals surface area contributed by atoms with Crippen LogP contribution in [0.3, 0.4) is 0 Å². The average molecular weight is 385 g/mol. The van der Waals surface area contributed by atoms with Crippen molar-refractivity contribution in [2.75, 3.05) is 18.4 Å². The molecule has 3 heterocycles. The van der Waals surface area contributed by atoms with Crippen LogP contribution in [0.4, 0.5) is 9.52 Å². The van der Waals surface area contributed by atoms with E-state index < -0.39 is 0 Å². The molecule has 0 unspecified atom stereocenters. The second-order valence-corrected chi connectivity index (χ2v) is 7.46. The van der Waals surface area contributed by atoms with Crippen LogP contribution in [0.5, 0.6) is 0 Å². The van der Waals surface area contributed by atoms with Gasteiger partial charge in [-0.25, -0.2) is 9.37 Å². The highest BCUT2D eigenvalue weighted by Crippen LogP contribution is 2.24. The minimum atomic E-state index is -0.345. The number of hydrogen-bond donors (Lipinski definition) is 1. The molecule has 1 aliphatic heterocycles. The van der Waals surface area contributed by atoms with Crippen molar-refractivity contribution in [1.82, 2.24) is 9.88 Å². The van der Waals surface area contributed by atoms with Crippen molar-refractivity contribution < 1.29 is 13.6 Å². The van der Waals surface area contributed by atoms with E-state index in [1.54, 1.807) is 24.3 Å². The molecule has 2 aromatic heterocycles. The maximum Gasteiger partial charge on any atom is 0.293 e. The van der Waals surface area contributed by atoms with Crippen molar-refractivity contribution in [2.45, 2.75) is 25.8 Å². The predicted octanol–water partition coefficient (Wildman–Crippen LogP) is 4.78. The van der Waals surface area contributed by atoms with E-state index in [0.29, 0.717) is 16.5 Å². The van der Waals surface area contributed by atoms with Gasteiger partial charge in [0.2, 0.25) is 0 Å². The van der Waals surface area contributed by atoms with Gasteiger partial charge in [0.15, 0.2) is 10.9 Å². The Balaban J connectivity index is 1.38. The molecular formula is C20H20FN3O2S. The molecule has 0 aliphatic carbocycles. The number of piperidine rings is 1. The lowest BCUT2D eigenvalue weighted by molar-refractivity contribution is 0.0997. The molecule has 1 aliphatic rings. The molecule has 0 atom stereocenters. The fourth-order valence-corrected chi connectivity index (χ4v) is 3.87. The number of likely N-dealkylation sites (tertiary alicyclic amines) is 1. The summed E-state index contributed by atoms with van der Waals surface area (Å²) in [7, 11) is 0. The molecule has 1 fully saturated rings. The molecule has 7 heteroatoms. The van der Waals surface area contributed by atoms with Crippen molar-refractivity contribution in [1.29, 1.82) is 0 Å². The Morgan fingerprint density at radius 1 is 1.15 bits per heavy atom. The van der Waals surface area contributed by atoms with Gasteiger partial charge in [-0.3, -0.25) is 15.0 Å². The van der Waals surface area contributed by atoms with Crippen LogP contribution in [-0.4, -0.2) is 28.9 Å². The normalized spacial score (nSPS) is 15.0. The van der Waals surface area contributed by atoms with Gasteiger partial charge in [-0.15, -0.1) is 11.3 Å². The summed E-state index contributed by atoms with van der Waals surface area (Å²) in [6.45, 7) is 3.04. The fourth-order valence-electron chi connectivity index (χ4n) is 3.17. The first kappa shape index (κ1) is 17.9. The minimum Gasteiger partial charge on any atom is -0.451 e. The van der Waals surface area contributed by atoms with E-state index in [0.717, 1.165) is 25.3 Å². The largest absolute Gasteiger partial charge is 0.451 e. The van der Waals surface area contributed by atoms with Gasteiger partial charge in [0.1, 0.15) is 11.6 Å². The molecule has 1 amide bonds. The summed E-state index contributed by atoms with van der Waals surface area (Å²) in [4.78, 5) is 19.3. The summed E-state index contributed by atoms with van der Waals surface area (Å²) in [5.41, 5.74) is 1.69. The zero-order valence-corrected chi connectivity index (χ0v) is 15.6. The molecule has 0 saturated carbocycles. The van der Waals surface area contributed by atoms with Crippen LogP contribution in [0, 0.1) is 5.82 Å². The molecule has 27 heavy (non-hydrogen) atoms. The highest BCUT2D eigenvalue weighted by Gasteiger charge is 2.16. The first-order chi connectivity index (χ1) is 13.2. The number of anilines is 1. The number of nitrogens with one attached hydrogen (secondary N) is 1. The van der Waals surface area contributed by atoms with E-state index in [1.807, 2.05) is 5.38 Å². The quantitative estimate of drug-likeness (QED) is 0.687. The summed E-state index contributed by atoms with van der Waals surface area (Å²) in [5, 5.41) is 5.33. The molecule has 1 saturated heterocycles.